The fraction of sp³-hybridized carbons (Fsp3) is 0.364. The summed E-state index contributed by atoms with van der Waals surface area (Å²) in [6.07, 6.45) is 0.566. The average Bonchev–Trinajstić information content (AvgIpc) is 3.13. The van der Waals surface area contributed by atoms with E-state index in [4.69, 9.17) is 4.74 Å². The van der Waals surface area contributed by atoms with Crippen molar-refractivity contribution in [1.29, 1.82) is 0 Å². The fourth-order valence-electron chi connectivity index (χ4n) is 4.08. The zero-order valence-corrected chi connectivity index (χ0v) is 17.5. The number of benzene rings is 2. The van der Waals surface area contributed by atoms with Crippen molar-refractivity contribution in [2.24, 2.45) is 16.9 Å². The van der Waals surface area contributed by atoms with Gasteiger partial charge < -0.3 is 9.84 Å². The number of carbonyl (C=O) groups excluding carboxylic acids is 1. The highest BCUT2D eigenvalue weighted by Gasteiger charge is 2.56. The Bertz CT molecular complexity index is 1020. The Balaban J connectivity index is 1.88. The van der Waals surface area contributed by atoms with Crippen molar-refractivity contribution in [1.82, 2.24) is 5.01 Å². The van der Waals surface area contributed by atoms with Crippen molar-refractivity contribution in [3.63, 3.8) is 0 Å². The summed E-state index contributed by atoms with van der Waals surface area (Å²) in [6, 6.07) is 10.6. The summed E-state index contributed by atoms with van der Waals surface area (Å²) in [5, 5.41) is 15.7. The predicted octanol–water partition coefficient (Wildman–Crippen LogP) is 4.10. The van der Waals surface area contributed by atoms with Crippen LogP contribution in [-0.2, 0) is 9.67 Å². The molecule has 2 aliphatic heterocycles. The zero-order chi connectivity index (χ0) is 21.5. The smallest absolute Gasteiger partial charge is 0.241 e. The van der Waals surface area contributed by atoms with Gasteiger partial charge in [-0.25, -0.2) is 13.8 Å². The molecule has 2 aliphatic rings. The van der Waals surface area contributed by atoms with E-state index in [1.165, 1.54) is 23.7 Å². The highest BCUT2D eigenvalue weighted by Crippen LogP contribution is 2.58. The van der Waals surface area contributed by atoms with Crippen molar-refractivity contribution in [3.05, 3.63) is 65.2 Å². The second kappa shape index (κ2) is 8.00. The second-order valence-electron chi connectivity index (χ2n) is 7.69. The number of halogens is 2. The van der Waals surface area contributed by atoms with E-state index < -0.39 is 16.5 Å². The molecule has 0 saturated heterocycles. The van der Waals surface area contributed by atoms with E-state index >= 15 is 0 Å². The third kappa shape index (κ3) is 3.37. The van der Waals surface area contributed by atoms with Crippen LogP contribution in [0.4, 0.5) is 8.78 Å². The van der Waals surface area contributed by atoms with Gasteiger partial charge >= 0.3 is 0 Å². The lowest BCUT2D eigenvalue weighted by Gasteiger charge is -2.45. The summed E-state index contributed by atoms with van der Waals surface area (Å²) >= 11 is 1.24. The number of thioether (sulfide) groups is 1. The van der Waals surface area contributed by atoms with Gasteiger partial charge in [0.1, 0.15) is 22.4 Å². The highest BCUT2D eigenvalue weighted by molar-refractivity contribution is 8.15. The third-order valence-corrected chi connectivity index (χ3v) is 7.01. The van der Waals surface area contributed by atoms with Gasteiger partial charge in [0.05, 0.1) is 6.61 Å². The molecule has 2 aromatic carbocycles. The van der Waals surface area contributed by atoms with Gasteiger partial charge in [0.25, 0.3) is 0 Å². The Hall–Kier alpha value is -2.45. The minimum absolute atomic E-state index is 0.00873. The van der Waals surface area contributed by atoms with Crippen molar-refractivity contribution < 1.29 is 23.4 Å². The van der Waals surface area contributed by atoms with Crippen LogP contribution in [0.3, 0.4) is 0 Å². The number of aliphatic hydroxyl groups is 1. The molecule has 30 heavy (non-hydrogen) atoms. The van der Waals surface area contributed by atoms with Gasteiger partial charge in [-0.05, 0) is 36.6 Å². The molecule has 158 valence electrons. The molecular formula is C22H22F2N2O3S. The second-order valence-corrected chi connectivity index (χ2v) is 8.90. The summed E-state index contributed by atoms with van der Waals surface area (Å²) in [5.41, 5.74) is 0.767. The molecule has 1 amide bonds. The van der Waals surface area contributed by atoms with Crippen LogP contribution < -0.4 is 4.74 Å². The maximum absolute atomic E-state index is 14.5. The summed E-state index contributed by atoms with van der Waals surface area (Å²) in [5.74, 6) is -1.13. The fourth-order valence-corrected chi connectivity index (χ4v) is 5.62. The van der Waals surface area contributed by atoms with Crippen molar-refractivity contribution in [2.45, 2.75) is 25.1 Å². The lowest BCUT2D eigenvalue weighted by molar-refractivity contribution is -0.135. The van der Waals surface area contributed by atoms with Crippen molar-refractivity contribution in [2.75, 3.05) is 13.2 Å². The molecule has 0 fully saturated rings. The zero-order valence-electron chi connectivity index (χ0n) is 16.6. The Labute approximate surface area is 177 Å². The summed E-state index contributed by atoms with van der Waals surface area (Å²) in [4.78, 5) is 11.7. The molecule has 1 N–H and O–H groups in total. The lowest BCUT2D eigenvalue weighted by Crippen LogP contribution is -2.51. The molecule has 3 atom stereocenters. The van der Waals surface area contributed by atoms with E-state index in [2.05, 4.69) is 5.10 Å². The summed E-state index contributed by atoms with van der Waals surface area (Å²) < 4.78 is 34.4. The molecule has 5 nitrogen and oxygen atoms in total. The standard InChI is InChI=1S/C22H22F2N2O3S/c1-13(11-27)9-15-12-29-20-6-4-3-5-18(20)22(15)26(14(2)28)25-21(30-22)17-10-16(23)7-8-19(17)24/h3-8,10,13,15,27H,9,11-12H2,1-2H3. The van der Waals surface area contributed by atoms with Gasteiger partial charge in [0.15, 0.2) is 4.87 Å². The molecule has 0 aliphatic carbocycles. The van der Waals surface area contributed by atoms with Crippen LogP contribution in [0.15, 0.2) is 47.6 Å². The first-order valence-corrected chi connectivity index (χ1v) is 10.6. The van der Waals surface area contributed by atoms with Crippen molar-refractivity contribution in [3.8, 4) is 5.75 Å². The number of hydrazone groups is 1. The third-order valence-electron chi connectivity index (χ3n) is 5.48. The van der Waals surface area contributed by atoms with Crippen LogP contribution in [0.25, 0.3) is 0 Å². The first-order chi connectivity index (χ1) is 14.4. The molecule has 0 bridgehead atoms. The van der Waals surface area contributed by atoms with Crippen LogP contribution in [0.1, 0.15) is 31.4 Å². The first kappa shape index (κ1) is 20.8. The summed E-state index contributed by atoms with van der Waals surface area (Å²) in [7, 11) is 0. The number of hydrogen-bond donors (Lipinski definition) is 1. The molecule has 0 aromatic heterocycles. The molecule has 3 unspecified atom stereocenters. The Morgan fingerprint density at radius 1 is 1.37 bits per heavy atom. The number of rotatable bonds is 4. The monoisotopic (exact) mass is 432 g/mol. The van der Waals surface area contributed by atoms with E-state index in [1.54, 1.807) is 0 Å². The normalized spacial score (nSPS) is 23.7. The number of ether oxygens (including phenoxy) is 1. The number of carbonyl (C=O) groups is 1. The lowest BCUT2D eigenvalue weighted by atomic mass is 9.83. The van der Waals surface area contributed by atoms with Crippen LogP contribution in [0.5, 0.6) is 5.75 Å². The maximum atomic E-state index is 14.5. The van der Waals surface area contributed by atoms with Gasteiger partial charge in [0, 0.05) is 30.6 Å². The molecule has 8 heteroatoms. The Morgan fingerprint density at radius 2 is 2.13 bits per heavy atom. The maximum Gasteiger partial charge on any atom is 0.241 e. The Kier molecular flexibility index (Phi) is 5.55. The quantitative estimate of drug-likeness (QED) is 0.790. The van der Waals surface area contributed by atoms with E-state index in [0.29, 0.717) is 18.8 Å². The van der Waals surface area contributed by atoms with Gasteiger partial charge in [-0.1, -0.05) is 36.9 Å². The SMILES string of the molecule is CC(=O)N1N=C(c2cc(F)ccc2F)SC12c1ccccc1OCC2CC(C)CO. The van der Waals surface area contributed by atoms with Gasteiger partial charge in [-0.2, -0.15) is 5.10 Å². The Morgan fingerprint density at radius 3 is 2.87 bits per heavy atom. The van der Waals surface area contributed by atoms with Gasteiger partial charge in [-0.15, -0.1) is 0 Å². The molecular weight excluding hydrogens is 410 g/mol. The largest absolute Gasteiger partial charge is 0.493 e. The number of nitrogens with zero attached hydrogens (tertiary/aromatic N) is 2. The van der Waals surface area contributed by atoms with E-state index in [1.807, 2.05) is 31.2 Å². The predicted molar refractivity (Wildman–Crippen MR) is 111 cm³/mol. The average molecular weight is 432 g/mol. The van der Waals surface area contributed by atoms with Crippen LogP contribution in [0.2, 0.25) is 0 Å². The van der Waals surface area contributed by atoms with E-state index in [0.717, 1.165) is 23.8 Å². The molecule has 0 saturated carbocycles. The molecule has 4 rings (SSSR count). The minimum atomic E-state index is -0.974. The van der Waals surface area contributed by atoms with Crippen LogP contribution in [-0.4, -0.2) is 34.3 Å². The van der Waals surface area contributed by atoms with Gasteiger partial charge in [0.2, 0.25) is 5.91 Å². The van der Waals surface area contributed by atoms with Crippen LogP contribution >= 0.6 is 11.8 Å². The van der Waals surface area contributed by atoms with E-state index in [9.17, 15) is 18.7 Å². The molecule has 2 heterocycles. The minimum Gasteiger partial charge on any atom is -0.493 e. The number of amides is 1. The van der Waals surface area contributed by atoms with Crippen LogP contribution in [0, 0.1) is 23.5 Å². The van der Waals surface area contributed by atoms with Gasteiger partial charge in [-0.3, -0.25) is 4.79 Å². The highest BCUT2D eigenvalue weighted by atomic mass is 32.2. The molecule has 0 radical (unpaired) electrons. The number of aliphatic hydroxyl groups excluding tert-OH is 1. The molecule has 1 spiro atoms. The first-order valence-electron chi connectivity index (χ1n) is 9.73. The van der Waals surface area contributed by atoms with E-state index in [-0.39, 0.29) is 35.0 Å². The molecule has 2 aromatic rings. The topological polar surface area (TPSA) is 62.1 Å². The number of fused-ring (bicyclic) bond motifs is 2. The number of hydrogen-bond acceptors (Lipinski definition) is 5. The van der Waals surface area contributed by atoms with Crippen molar-refractivity contribution >= 4 is 22.7 Å². The summed E-state index contributed by atoms with van der Waals surface area (Å²) in [6.45, 7) is 3.62. The number of para-hydroxylation sites is 1.